The van der Waals surface area contributed by atoms with Crippen LogP contribution in [0.3, 0.4) is 0 Å². The van der Waals surface area contributed by atoms with Gasteiger partial charge in [-0.25, -0.2) is 0 Å². The minimum Gasteiger partial charge on any atom is -0.633 e. The third kappa shape index (κ3) is 6.06. The summed E-state index contributed by atoms with van der Waals surface area (Å²) in [7, 11) is 3.80. The maximum absolute atomic E-state index is 11.0. The minimum absolute atomic E-state index is 0.125. The zero-order chi connectivity index (χ0) is 11.1. The normalized spacial score (nSPS) is 26.6. The highest BCUT2D eigenvalue weighted by molar-refractivity contribution is 4.53. The molecule has 0 aromatic heterocycles. The average molecular weight is 218 g/mol. The van der Waals surface area contributed by atoms with Gasteiger partial charge in [-0.2, -0.15) is 0 Å². The van der Waals surface area contributed by atoms with Gasteiger partial charge in [-0.05, 0) is 7.05 Å². The number of hydrogen-bond acceptors (Lipinski definition) is 4. The molecule has 5 heteroatoms. The molecule has 90 valence electrons. The fraction of sp³-hybridized carbons (Fsp3) is 1.00. The molecule has 0 bridgehead atoms. The maximum Gasteiger partial charge on any atom is 0.102 e. The zero-order valence-corrected chi connectivity index (χ0v) is 9.78. The molecule has 2 saturated heterocycles. The average Bonchev–Trinajstić information content (AvgIpc) is 2.19. The number of hydrogen-bond donors (Lipinski definition) is 0. The van der Waals surface area contributed by atoms with E-state index < -0.39 is 0 Å². The monoisotopic (exact) mass is 218 g/mol. The molecule has 2 aliphatic heterocycles. The molecule has 0 aromatic carbocycles. The van der Waals surface area contributed by atoms with E-state index in [1.807, 2.05) is 0 Å². The first kappa shape index (κ1) is 12.9. The summed E-state index contributed by atoms with van der Waals surface area (Å²) >= 11 is 0. The quantitative estimate of drug-likeness (QED) is 0.421. The molecular weight excluding hydrogens is 196 g/mol. The lowest BCUT2D eigenvalue weighted by molar-refractivity contribution is -0.869. The van der Waals surface area contributed by atoms with Crippen LogP contribution in [0.25, 0.3) is 0 Å². The van der Waals surface area contributed by atoms with E-state index in [9.17, 15) is 5.21 Å². The van der Waals surface area contributed by atoms with E-state index in [-0.39, 0.29) is 4.65 Å². The Morgan fingerprint density at radius 1 is 1.00 bits per heavy atom. The van der Waals surface area contributed by atoms with Crippen molar-refractivity contribution in [3.8, 4) is 0 Å². The summed E-state index contributed by atoms with van der Waals surface area (Å²) < 4.78 is 9.96. The molecule has 15 heavy (non-hydrogen) atoms. The summed E-state index contributed by atoms with van der Waals surface area (Å²) in [5, 5.41) is 11.0. The Bertz CT molecular complexity index is 162. The largest absolute Gasteiger partial charge is 0.633 e. The first-order chi connectivity index (χ1) is 7.10. The second kappa shape index (κ2) is 6.40. The second-order valence-electron chi connectivity index (χ2n) is 4.27. The zero-order valence-electron chi connectivity index (χ0n) is 9.78. The molecule has 0 saturated carbocycles. The van der Waals surface area contributed by atoms with Gasteiger partial charge in [0.1, 0.15) is 13.1 Å². The van der Waals surface area contributed by atoms with E-state index in [4.69, 9.17) is 9.47 Å². The third-order valence-corrected chi connectivity index (χ3v) is 2.65. The molecule has 0 N–H and O–H groups in total. The highest BCUT2D eigenvalue weighted by atomic mass is 16.6. The van der Waals surface area contributed by atoms with Crippen molar-refractivity contribution < 1.29 is 14.1 Å². The lowest BCUT2D eigenvalue weighted by Gasteiger charge is -2.41. The molecule has 2 rings (SSSR count). The Labute approximate surface area is 91.7 Å². The van der Waals surface area contributed by atoms with Crippen molar-refractivity contribution >= 4 is 0 Å². The fourth-order valence-corrected chi connectivity index (χ4v) is 1.38. The Hall–Kier alpha value is -0.200. The summed E-state index contributed by atoms with van der Waals surface area (Å²) in [6.45, 7) is 6.49. The smallest absolute Gasteiger partial charge is 0.102 e. The van der Waals surface area contributed by atoms with Crippen LogP contribution in [0.4, 0.5) is 0 Å². The van der Waals surface area contributed by atoms with Gasteiger partial charge in [0, 0.05) is 13.1 Å². The van der Waals surface area contributed by atoms with Crippen molar-refractivity contribution in [1.29, 1.82) is 0 Å². The number of quaternary nitrogens is 1. The Kier molecular flexibility index (Phi) is 5.49. The van der Waals surface area contributed by atoms with E-state index in [1.54, 1.807) is 7.05 Å². The molecule has 0 amide bonds. The Morgan fingerprint density at radius 3 is 1.73 bits per heavy atom. The summed E-state index contributed by atoms with van der Waals surface area (Å²) in [6.07, 6.45) is 0. The number of hydroxylamine groups is 3. The molecule has 2 aliphatic rings. The van der Waals surface area contributed by atoms with Gasteiger partial charge in [0.05, 0.1) is 33.5 Å². The fourth-order valence-electron chi connectivity index (χ4n) is 1.38. The Morgan fingerprint density at radius 2 is 1.47 bits per heavy atom. The molecule has 0 atom stereocenters. The summed E-state index contributed by atoms with van der Waals surface area (Å²) in [5.41, 5.74) is 0. The lowest BCUT2D eigenvalue weighted by Crippen LogP contribution is -2.46. The standard InChI is InChI=1S/C5H11NO2.C5H11NO/c1-6(7)2-4-8-5-3-6;1-6-2-4-7-5-3-6/h2-5H2,1H3;2-5H2,1H3. The lowest BCUT2D eigenvalue weighted by atomic mass is 10.4. The predicted octanol–water partition coefficient (Wildman–Crippen LogP) is -0.0906. The van der Waals surface area contributed by atoms with Crippen LogP contribution in [0.1, 0.15) is 0 Å². The molecular formula is C10H22N2O3. The molecule has 0 aliphatic carbocycles. The van der Waals surface area contributed by atoms with Gasteiger partial charge in [0.15, 0.2) is 0 Å². The third-order valence-electron chi connectivity index (χ3n) is 2.65. The van der Waals surface area contributed by atoms with Crippen molar-refractivity contribution in [2.24, 2.45) is 0 Å². The highest BCUT2D eigenvalue weighted by Gasteiger charge is 2.13. The highest BCUT2D eigenvalue weighted by Crippen LogP contribution is 2.02. The first-order valence-electron chi connectivity index (χ1n) is 5.50. The number of morpholine rings is 2. The number of ether oxygens (including phenoxy) is 2. The van der Waals surface area contributed by atoms with E-state index in [1.165, 1.54) is 0 Å². The van der Waals surface area contributed by atoms with E-state index in [2.05, 4.69) is 11.9 Å². The van der Waals surface area contributed by atoms with Crippen LogP contribution in [-0.4, -0.2) is 76.2 Å². The van der Waals surface area contributed by atoms with Crippen molar-refractivity contribution in [2.45, 2.75) is 0 Å². The van der Waals surface area contributed by atoms with Crippen molar-refractivity contribution in [2.75, 3.05) is 66.7 Å². The van der Waals surface area contributed by atoms with E-state index in [0.29, 0.717) is 26.3 Å². The maximum atomic E-state index is 11.0. The van der Waals surface area contributed by atoms with Crippen molar-refractivity contribution in [1.82, 2.24) is 4.90 Å². The van der Waals surface area contributed by atoms with Gasteiger partial charge in [-0.1, -0.05) is 0 Å². The van der Waals surface area contributed by atoms with Crippen LogP contribution in [0.2, 0.25) is 0 Å². The van der Waals surface area contributed by atoms with Crippen LogP contribution in [0.5, 0.6) is 0 Å². The van der Waals surface area contributed by atoms with Gasteiger partial charge >= 0.3 is 0 Å². The number of nitrogens with zero attached hydrogens (tertiary/aromatic N) is 2. The summed E-state index contributed by atoms with van der Waals surface area (Å²) in [4.78, 5) is 2.27. The summed E-state index contributed by atoms with van der Waals surface area (Å²) in [5.74, 6) is 0. The molecule has 0 spiro atoms. The van der Waals surface area contributed by atoms with Gasteiger partial charge in [-0.15, -0.1) is 0 Å². The molecule has 0 unspecified atom stereocenters. The van der Waals surface area contributed by atoms with Crippen LogP contribution < -0.4 is 0 Å². The first-order valence-corrected chi connectivity index (χ1v) is 5.50. The van der Waals surface area contributed by atoms with Crippen LogP contribution in [-0.2, 0) is 9.47 Å². The second-order valence-corrected chi connectivity index (χ2v) is 4.27. The molecule has 2 heterocycles. The van der Waals surface area contributed by atoms with Crippen LogP contribution in [0, 0.1) is 5.21 Å². The summed E-state index contributed by atoms with van der Waals surface area (Å²) in [6, 6.07) is 0. The SMILES string of the molecule is CN1CCOCC1.C[N+]1([O-])CCOCC1. The molecule has 5 nitrogen and oxygen atoms in total. The van der Waals surface area contributed by atoms with Gasteiger partial charge in [-0.3, -0.25) is 0 Å². The number of rotatable bonds is 0. The Balaban J connectivity index is 0.000000151. The molecule has 0 aromatic rings. The van der Waals surface area contributed by atoms with Gasteiger partial charge < -0.3 is 24.2 Å². The molecule has 2 fully saturated rings. The van der Waals surface area contributed by atoms with Crippen molar-refractivity contribution in [3.05, 3.63) is 5.21 Å². The molecule has 0 radical (unpaired) electrons. The minimum atomic E-state index is -0.125. The van der Waals surface area contributed by atoms with E-state index in [0.717, 1.165) is 26.3 Å². The topological polar surface area (TPSA) is 44.8 Å². The number of likely N-dealkylation sites (N-methyl/N-ethyl adjacent to an activating group) is 2. The van der Waals surface area contributed by atoms with E-state index >= 15 is 0 Å². The van der Waals surface area contributed by atoms with Crippen LogP contribution >= 0.6 is 0 Å². The van der Waals surface area contributed by atoms with Crippen LogP contribution in [0.15, 0.2) is 0 Å². The van der Waals surface area contributed by atoms with Gasteiger partial charge in [0.2, 0.25) is 0 Å². The predicted molar refractivity (Wildman–Crippen MR) is 58.4 cm³/mol. The van der Waals surface area contributed by atoms with Crippen molar-refractivity contribution in [3.63, 3.8) is 0 Å². The van der Waals surface area contributed by atoms with Gasteiger partial charge in [0.25, 0.3) is 0 Å².